The van der Waals surface area contributed by atoms with Crippen LogP contribution in [-0.2, 0) is 6.54 Å². The van der Waals surface area contributed by atoms with Gasteiger partial charge in [0, 0.05) is 24.5 Å². The Morgan fingerprint density at radius 1 is 1.10 bits per heavy atom. The molecule has 1 aliphatic heterocycles. The zero-order chi connectivity index (χ0) is 13.8. The van der Waals surface area contributed by atoms with Gasteiger partial charge in [0.1, 0.15) is 11.4 Å². The molecule has 1 N–H and O–H groups in total. The third kappa shape index (κ3) is 2.92. The molecule has 5 heteroatoms. The average Bonchev–Trinajstić information content (AvgIpc) is 2.92. The van der Waals surface area contributed by atoms with Crippen molar-refractivity contribution in [2.75, 3.05) is 23.3 Å². The first-order valence-electron chi connectivity index (χ1n) is 7.20. The van der Waals surface area contributed by atoms with Crippen LogP contribution in [0.15, 0.2) is 28.9 Å². The van der Waals surface area contributed by atoms with Gasteiger partial charge in [0.2, 0.25) is 0 Å². The number of aryl methyl sites for hydroxylation is 1. The zero-order valence-corrected chi connectivity index (χ0v) is 11.8. The van der Waals surface area contributed by atoms with Gasteiger partial charge in [0.25, 0.3) is 0 Å². The highest BCUT2D eigenvalue weighted by Crippen LogP contribution is 2.22. The highest BCUT2D eigenvalue weighted by atomic mass is 16.6. The van der Waals surface area contributed by atoms with E-state index in [0.29, 0.717) is 6.54 Å². The van der Waals surface area contributed by atoms with Crippen LogP contribution in [0, 0.1) is 6.92 Å². The van der Waals surface area contributed by atoms with Gasteiger partial charge in [-0.15, -0.1) is 0 Å². The van der Waals surface area contributed by atoms with Crippen molar-refractivity contribution in [2.24, 2.45) is 0 Å². The Labute approximate surface area is 118 Å². The molecule has 20 heavy (non-hydrogen) atoms. The molecule has 0 radical (unpaired) electrons. The summed E-state index contributed by atoms with van der Waals surface area (Å²) in [6, 6.07) is 8.60. The minimum atomic E-state index is 0.637. The summed E-state index contributed by atoms with van der Waals surface area (Å²) in [6.07, 6.45) is 3.97. The highest BCUT2D eigenvalue weighted by molar-refractivity contribution is 5.55. The summed E-state index contributed by atoms with van der Waals surface area (Å²) in [5.74, 6) is 0. The number of nitrogens with one attached hydrogen (secondary N) is 1. The van der Waals surface area contributed by atoms with E-state index in [4.69, 9.17) is 0 Å². The number of piperidine rings is 1. The van der Waals surface area contributed by atoms with Gasteiger partial charge < -0.3 is 10.2 Å². The molecule has 1 aromatic carbocycles. The van der Waals surface area contributed by atoms with Gasteiger partial charge in [-0.3, -0.25) is 0 Å². The lowest BCUT2D eigenvalue weighted by Crippen LogP contribution is -2.29. The number of nitrogens with zero attached hydrogens (tertiary/aromatic N) is 3. The topological polar surface area (TPSA) is 54.2 Å². The predicted molar refractivity (Wildman–Crippen MR) is 78.9 cm³/mol. The maximum Gasteiger partial charge on any atom is 0.127 e. The molecule has 3 rings (SSSR count). The molecule has 0 unspecified atom stereocenters. The fourth-order valence-corrected chi connectivity index (χ4v) is 2.54. The SMILES string of the molecule is Cc1nonc1CNc1ccc(N2CCCCC2)cc1. The highest BCUT2D eigenvalue weighted by Gasteiger charge is 2.10. The molecule has 1 saturated heterocycles. The first-order valence-corrected chi connectivity index (χ1v) is 7.20. The fourth-order valence-electron chi connectivity index (χ4n) is 2.54. The van der Waals surface area contributed by atoms with Crippen LogP contribution in [0.25, 0.3) is 0 Å². The third-order valence-corrected chi connectivity index (χ3v) is 3.79. The first-order chi connectivity index (χ1) is 9.83. The lowest BCUT2D eigenvalue weighted by molar-refractivity contribution is 0.301. The minimum absolute atomic E-state index is 0.637. The van der Waals surface area contributed by atoms with Crippen LogP contribution in [0.2, 0.25) is 0 Å². The fraction of sp³-hybridized carbons (Fsp3) is 0.467. The molecule has 1 aromatic heterocycles. The van der Waals surface area contributed by atoms with E-state index in [9.17, 15) is 0 Å². The minimum Gasteiger partial charge on any atom is -0.379 e. The van der Waals surface area contributed by atoms with Crippen molar-refractivity contribution in [1.82, 2.24) is 10.3 Å². The number of hydrogen-bond donors (Lipinski definition) is 1. The van der Waals surface area contributed by atoms with E-state index in [1.807, 2.05) is 6.92 Å². The van der Waals surface area contributed by atoms with Crippen LogP contribution in [0.3, 0.4) is 0 Å². The van der Waals surface area contributed by atoms with Crippen molar-refractivity contribution >= 4 is 11.4 Å². The number of aromatic nitrogens is 2. The molecule has 1 fully saturated rings. The Bertz CT molecular complexity index is 543. The van der Waals surface area contributed by atoms with E-state index in [1.54, 1.807) is 0 Å². The summed E-state index contributed by atoms with van der Waals surface area (Å²) < 4.78 is 4.69. The molecule has 1 aliphatic rings. The van der Waals surface area contributed by atoms with Crippen molar-refractivity contribution in [3.05, 3.63) is 35.7 Å². The summed E-state index contributed by atoms with van der Waals surface area (Å²) in [5, 5.41) is 11.0. The average molecular weight is 272 g/mol. The Hall–Kier alpha value is -2.04. The van der Waals surface area contributed by atoms with Gasteiger partial charge in [-0.1, -0.05) is 10.3 Å². The van der Waals surface area contributed by atoms with E-state index in [0.717, 1.165) is 17.1 Å². The van der Waals surface area contributed by atoms with Crippen LogP contribution in [0.5, 0.6) is 0 Å². The molecular formula is C15H20N4O. The van der Waals surface area contributed by atoms with Gasteiger partial charge in [0.05, 0.1) is 6.54 Å². The molecule has 2 heterocycles. The zero-order valence-electron chi connectivity index (χ0n) is 11.8. The van der Waals surface area contributed by atoms with Crippen molar-refractivity contribution in [2.45, 2.75) is 32.7 Å². The molecule has 0 bridgehead atoms. The smallest absolute Gasteiger partial charge is 0.127 e. The van der Waals surface area contributed by atoms with E-state index < -0.39 is 0 Å². The van der Waals surface area contributed by atoms with E-state index >= 15 is 0 Å². The number of hydrogen-bond acceptors (Lipinski definition) is 5. The Morgan fingerprint density at radius 3 is 2.50 bits per heavy atom. The Morgan fingerprint density at radius 2 is 1.85 bits per heavy atom. The van der Waals surface area contributed by atoms with E-state index in [1.165, 1.54) is 38.0 Å². The second-order valence-corrected chi connectivity index (χ2v) is 5.24. The van der Waals surface area contributed by atoms with Gasteiger partial charge >= 0.3 is 0 Å². The predicted octanol–water partition coefficient (Wildman–Crippen LogP) is 2.98. The van der Waals surface area contributed by atoms with Crippen LogP contribution >= 0.6 is 0 Å². The van der Waals surface area contributed by atoms with Crippen LogP contribution in [0.1, 0.15) is 30.7 Å². The number of anilines is 2. The first kappa shape index (κ1) is 13.0. The molecular weight excluding hydrogens is 252 g/mol. The molecule has 0 aliphatic carbocycles. The maximum absolute atomic E-state index is 4.69. The van der Waals surface area contributed by atoms with E-state index in [-0.39, 0.29) is 0 Å². The summed E-state index contributed by atoms with van der Waals surface area (Å²) in [7, 11) is 0. The van der Waals surface area contributed by atoms with Crippen LogP contribution < -0.4 is 10.2 Å². The van der Waals surface area contributed by atoms with Gasteiger partial charge in [-0.2, -0.15) is 0 Å². The van der Waals surface area contributed by atoms with E-state index in [2.05, 4.69) is 49.4 Å². The van der Waals surface area contributed by atoms with Crippen molar-refractivity contribution in [1.29, 1.82) is 0 Å². The third-order valence-electron chi connectivity index (χ3n) is 3.79. The summed E-state index contributed by atoms with van der Waals surface area (Å²) in [6.45, 7) is 4.89. The quantitative estimate of drug-likeness (QED) is 0.927. The molecule has 0 atom stereocenters. The number of rotatable bonds is 4. The maximum atomic E-state index is 4.69. The molecule has 5 nitrogen and oxygen atoms in total. The Balaban J connectivity index is 1.59. The lowest BCUT2D eigenvalue weighted by atomic mass is 10.1. The standard InChI is InChI=1S/C15H20N4O/c1-12-15(18-20-17-12)11-16-13-5-7-14(8-6-13)19-9-3-2-4-10-19/h5-8,16H,2-4,9-11H2,1H3. The molecule has 0 amide bonds. The van der Waals surface area contributed by atoms with Crippen LogP contribution in [0.4, 0.5) is 11.4 Å². The van der Waals surface area contributed by atoms with Crippen molar-refractivity contribution in [3.63, 3.8) is 0 Å². The summed E-state index contributed by atoms with van der Waals surface area (Å²) in [5.41, 5.74) is 4.09. The van der Waals surface area contributed by atoms with Gasteiger partial charge in [-0.05, 0) is 50.5 Å². The van der Waals surface area contributed by atoms with Crippen molar-refractivity contribution in [3.8, 4) is 0 Å². The number of benzene rings is 1. The molecule has 0 saturated carbocycles. The summed E-state index contributed by atoms with van der Waals surface area (Å²) >= 11 is 0. The largest absolute Gasteiger partial charge is 0.379 e. The second kappa shape index (κ2) is 5.94. The van der Waals surface area contributed by atoms with Crippen molar-refractivity contribution < 1.29 is 4.63 Å². The second-order valence-electron chi connectivity index (χ2n) is 5.24. The van der Waals surface area contributed by atoms with Gasteiger partial charge in [-0.25, -0.2) is 4.63 Å². The Kier molecular flexibility index (Phi) is 3.85. The van der Waals surface area contributed by atoms with Gasteiger partial charge in [0.15, 0.2) is 0 Å². The lowest BCUT2D eigenvalue weighted by Gasteiger charge is -2.28. The summed E-state index contributed by atoms with van der Waals surface area (Å²) in [4.78, 5) is 2.46. The van der Waals surface area contributed by atoms with Crippen LogP contribution in [-0.4, -0.2) is 23.4 Å². The molecule has 106 valence electrons. The monoisotopic (exact) mass is 272 g/mol. The molecule has 2 aromatic rings. The normalized spacial score (nSPS) is 15.3. The molecule has 0 spiro atoms.